The van der Waals surface area contributed by atoms with Gasteiger partial charge in [-0.05, 0) is 71.8 Å². The molecule has 12 heteroatoms. The molecule has 0 aliphatic rings. The van der Waals surface area contributed by atoms with Crippen LogP contribution in [0.3, 0.4) is 0 Å². The van der Waals surface area contributed by atoms with Crippen molar-refractivity contribution >= 4 is 34.7 Å². The first-order chi connectivity index (χ1) is 17.3. The molecule has 0 aliphatic heterocycles. The molecule has 0 radical (unpaired) electrons. The summed E-state index contributed by atoms with van der Waals surface area (Å²) in [4.78, 5) is 22.2. The largest absolute Gasteiger partial charge is 1.00 e. The van der Waals surface area contributed by atoms with E-state index in [1.165, 1.54) is 36.4 Å². The van der Waals surface area contributed by atoms with Crippen LogP contribution < -0.4 is 59.1 Å². The van der Waals surface area contributed by atoms with Gasteiger partial charge in [-0.15, -0.1) is 0 Å². The Hall–Kier alpha value is -3.38. The van der Waals surface area contributed by atoms with Crippen molar-refractivity contribution in [2.75, 3.05) is 0 Å². The summed E-state index contributed by atoms with van der Waals surface area (Å²) in [5.74, 6) is -3.19. The number of carboxylic acid groups (broad SMARTS) is 2. The molecule has 0 unspecified atom stereocenters. The molecule has 0 atom stereocenters. The number of aromatic carboxylic acids is 2. The first-order valence-corrected chi connectivity index (χ1v) is 10.5. The smallest absolute Gasteiger partial charge is 1.00 e. The van der Waals surface area contributed by atoms with Gasteiger partial charge < -0.3 is 23.3 Å². The average Bonchev–Trinajstić information content (AvgIpc) is 2.88. The van der Waals surface area contributed by atoms with Crippen LogP contribution in [0.4, 0.5) is 22.7 Å². The van der Waals surface area contributed by atoms with Gasteiger partial charge in [0.15, 0.2) is 0 Å². The SMILES string of the molecule is O=C(O)c1cc(N=Nc2ccc(-c3ccc(N=Nc4ccc(O)c(C(=O)O)c4)cc3)cc2)ccc1O.[H-].[H-].[Na+].[Na+]. The maximum absolute atomic E-state index is 11.1. The van der Waals surface area contributed by atoms with E-state index in [9.17, 15) is 19.8 Å². The first kappa shape index (κ1) is 30.8. The Morgan fingerprint density at radius 1 is 0.500 bits per heavy atom. The molecule has 0 heterocycles. The van der Waals surface area contributed by atoms with Crippen LogP contribution in [0.25, 0.3) is 11.1 Å². The van der Waals surface area contributed by atoms with E-state index in [1.54, 1.807) is 24.3 Å². The summed E-state index contributed by atoms with van der Waals surface area (Å²) < 4.78 is 0. The minimum Gasteiger partial charge on any atom is -1.00 e. The first-order valence-electron chi connectivity index (χ1n) is 10.5. The second kappa shape index (κ2) is 14.0. The predicted molar refractivity (Wildman–Crippen MR) is 133 cm³/mol. The van der Waals surface area contributed by atoms with Gasteiger partial charge in [0.05, 0.1) is 22.7 Å². The molecule has 4 rings (SSSR count). The molecule has 4 aromatic carbocycles. The third-order valence-electron chi connectivity index (χ3n) is 5.05. The molecule has 4 aromatic rings. The van der Waals surface area contributed by atoms with Gasteiger partial charge in [0.1, 0.15) is 22.6 Å². The number of aromatic hydroxyl groups is 2. The van der Waals surface area contributed by atoms with Gasteiger partial charge in [0.25, 0.3) is 0 Å². The molecule has 0 spiro atoms. The van der Waals surface area contributed by atoms with Gasteiger partial charge >= 0.3 is 71.1 Å². The molecular formula is C26H20N4Na2O6. The zero-order chi connectivity index (χ0) is 25.7. The number of hydrogen-bond acceptors (Lipinski definition) is 8. The van der Waals surface area contributed by atoms with Crippen molar-refractivity contribution in [2.45, 2.75) is 0 Å². The van der Waals surface area contributed by atoms with Crippen molar-refractivity contribution in [2.24, 2.45) is 20.5 Å². The average molecular weight is 530 g/mol. The van der Waals surface area contributed by atoms with E-state index in [0.717, 1.165) is 11.1 Å². The number of azo groups is 2. The number of rotatable bonds is 7. The predicted octanol–water partition coefficient (Wildman–Crippen LogP) is 1.23. The van der Waals surface area contributed by atoms with Crippen molar-refractivity contribution < 1.29 is 92.0 Å². The van der Waals surface area contributed by atoms with Crippen LogP contribution in [0, 0.1) is 0 Å². The molecule has 0 saturated carbocycles. The molecule has 0 fully saturated rings. The molecule has 10 nitrogen and oxygen atoms in total. The zero-order valence-electron chi connectivity index (χ0n) is 22.5. The molecule has 4 N–H and O–H groups in total. The van der Waals surface area contributed by atoms with Crippen LogP contribution in [-0.4, -0.2) is 32.4 Å². The van der Waals surface area contributed by atoms with Crippen LogP contribution in [0.5, 0.6) is 11.5 Å². The van der Waals surface area contributed by atoms with Gasteiger partial charge in [-0.3, -0.25) is 0 Å². The van der Waals surface area contributed by atoms with Crippen molar-refractivity contribution in [3.05, 3.63) is 96.1 Å². The fraction of sp³-hybridized carbons (Fsp3) is 0. The topological polar surface area (TPSA) is 164 Å². The minimum absolute atomic E-state index is 0. The van der Waals surface area contributed by atoms with Gasteiger partial charge in [-0.2, -0.15) is 20.5 Å². The Labute approximate surface area is 264 Å². The summed E-state index contributed by atoms with van der Waals surface area (Å²) >= 11 is 0. The number of benzene rings is 4. The fourth-order valence-corrected chi connectivity index (χ4v) is 3.19. The summed E-state index contributed by atoms with van der Waals surface area (Å²) in [6.45, 7) is 0. The molecule has 0 aliphatic carbocycles. The van der Waals surface area contributed by atoms with Crippen molar-refractivity contribution in [1.29, 1.82) is 0 Å². The normalized spacial score (nSPS) is 10.6. The van der Waals surface area contributed by atoms with Crippen molar-refractivity contribution in [1.82, 2.24) is 0 Å². The van der Waals surface area contributed by atoms with E-state index >= 15 is 0 Å². The summed E-state index contributed by atoms with van der Waals surface area (Å²) in [7, 11) is 0. The van der Waals surface area contributed by atoms with E-state index in [0.29, 0.717) is 22.7 Å². The zero-order valence-corrected chi connectivity index (χ0v) is 24.5. The second-order valence-electron chi connectivity index (χ2n) is 7.51. The number of hydrogen-bond donors (Lipinski definition) is 4. The Balaban J connectivity index is 0.00000380. The number of carboxylic acids is 2. The van der Waals surface area contributed by atoms with E-state index in [4.69, 9.17) is 10.2 Å². The molecular weight excluding hydrogens is 510 g/mol. The maximum atomic E-state index is 11.1. The number of nitrogens with zero attached hydrogens (tertiary/aromatic N) is 4. The van der Waals surface area contributed by atoms with Crippen LogP contribution >= 0.6 is 0 Å². The van der Waals surface area contributed by atoms with E-state index in [2.05, 4.69) is 20.5 Å². The Morgan fingerprint density at radius 3 is 1.11 bits per heavy atom. The van der Waals surface area contributed by atoms with E-state index in [1.807, 2.05) is 24.3 Å². The van der Waals surface area contributed by atoms with Crippen molar-refractivity contribution in [3.8, 4) is 22.6 Å². The third kappa shape index (κ3) is 7.81. The molecule has 0 saturated heterocycles. The molecule has 38 heavy (non-hydrogen) atoms. The fourth-order valence-electron chi connectivity index (χ4n) is 3.19. The summed E-state index contributed by atoms with van der Waals surface area (Å²) in [6.07, 6.45) is 0. The minimum atomic E-state index is -1.26. The van der Waals surface area contributed by atoms with Crippen LogP contribution in [0.1, 0.15) is 23.6 Å². The van der Waals surface area contributed by atoms with E-state index < -0.39 is 11.9 Å². The third-order valence-corrected chi connectivity index (χ3v) is 5.05. The number of phenols is 2. The summed E-state index contributed by atoms with van der Waals surface area (Å²) in [5, 5.41) is 53.6. The van der Waals surface area contributed by atoms with Crippen LogP contribution in [-0.2, 0) is 0 Å². The van der Waals surface area contributed by atoms with Crippen LogP contribution in [0.15, 0.2) is 105 Å². The molecule has 182 valence electrons. The second-order valence-corrected chi connectivity index (χ2v) is 7.51. The Bertz CT molecular complexity index is 1400. The Morgan fingerprint density at radius 2 is 0.789 bits per heavy atom. The number of carbonyl (C=O) groups is 2. The van der Waals surface area contributed by atoms with Gasteiger partial charge in [0, 0.05) is 0 Å². The Kier molecular flexibility index (Phi) is 11.3. The molecule has 0 bridgehead atoms. The van der Waals surface area contributed by atoms with Gasteiger partial charge in [0.2, 0.25) is 0 Å². The molecule has 0 aromatic heterocycles. The quantitative estimate of drug-likeness (QED) is 0.207. The summed E-state index contributed by atoms with van der Waals surface area (Å²) in [6, 6.07) is 22.4. The standard InChI is InChI=1S/C26H18N4O6.2Na.2H/c31-23-11-9-19(13-21(23)25(33)34)29-27-17-5-1-15(2-6-17)16-3-7-18(8-4-16)28-30-20-10-12-24(32)22(14-20)26(35)36;;;;/h1-14,31-32H,(H,33,34)(H,35,36);;;;/q;2*+1;2*-1. The summed E-state index contributed by atoms with van der Waals surface area (Å²) in [5.41, 5.74) is 3.04. The molecule has 0 amide bonds. The van der Waals surface area contributed by atoms with Crippen LogP contribution in [0.2, 0.25) is 0 Å². The van der Waals surface area contributed by atoms with Gasteiger partial charge in [-0.25, -0.2) is 9.59 Å². The van der Waals surface area contributed by atoms with Crippen molar-refractivity contribution in [3.63, 3.8) is 0 Å². The monoisotopic (exact) mass is 530 g/mol. The van der Waals surface area contributed by atoms with E-state index in [-0.39, 0.29) is 84.6 Å². The maximum Gasteiger partial charge on any atom is 1.00 e. The van der Waals surface area contributed by atoms with Gasteiger partial charge in [-0.1, -0.05) is 24.3 Å².